The van der Waals surface area contributed by atoms with Gasteiger partial charge in [0.1, 0.15) is 5.82 Å². The second kappa shape index (κ2) is 9.56. The number of rotatable bonds is 4. The Kier molecular flexibility index (Phi) is 6.60. The highest BCUT2D eigenvalue weighted by Crippen LogP contribution is 2.23. The van der Waals surface area contributed by atoms with E-state index in [1.807, 2.05) is 0 Å². The predicted molar refractivity (Wildman–Crippen MR) is 119 cm³/mol. The Bertz CT molecular complexity index is 1010. The molecule has 2 saturated heterocycles. The number of halogens is 2. The van der Waals surface area contributed by atoms with Crippen LogP contribution in [0.5, 0.6) is 0 Å². The fourth-order valence-corrected chi connectivity index (χ4v) is 4.32. The zero-order chi connectivity index (χ0) is 22.7. The number of hydrogen-bond acceptors (Lipinski definition) is 3. The fourth-order valence-electron chi connectivity index (χ4n) is 4.14. The van der Waals surface area contributed by atoms with Crippen molar-refractivity contribution in [1.82, 2.24) is 14.7 Å². The van der Waals surface area contributed by atoms with Crippen molar-refractivity contribution in [2.75, 3.05) is 31.5 Å². The van der Waals surface area contributed by atoms with Crippen molar-refractivity contribution >= 4 is 35.1 Å². The summed E-state index contributed by atoms with van der Waals surface area (Å²) in [6.45, 7) is 2.12. The van der Waals surface area contributed by atoms with Gasteiger partial charge in [0.05, 0.1) is 10.7 Å². The lowest BCUT2D eigenvalue weighted by atomic mass is 10.0. The molecule has 0 atom stereocenters. The van der Waals surface area contributed by atoms with Crippen LogP contribution in [0.3, 0.4) is 0 Å². The maximum atomic E-state index is 13.1. The Morgan fingerprint density at radius 3 is 2.34 bits per heavy atom. The summed E-state index contributed by atoms with van der Waals surface area (Å²) in [6, 6.07) is 12.6. The first-order valence-corrected chi connectivity index (χ1v) is 10.9. The molecule has 1 N–H and O–H groups in total. The molecule has 0 aromatic heterocycles. The first-order valence-electron chi connectivity index (χ1n) is 10.6. The van der Waals surface area contributed by atoms with Gasteiger partial charge >= 0.3 is 17.8 Å². The maximum Gasteiger partial charge on any atom is 0.321 e. The van der Waals surface area contributed by atoms with Gasteiger partial charge in [-0.25, -0.2) is 9.18 Å². The van der Waals surface area contributed by atoms with Gasteiger partial charge < -0.3 is 20.0 Å². The molecule has 32 heavy (non-hydrogen) atoms. The van der Waals surface area contributed by atoms with E-state index in [1.165, 1.54) is 17.0 Å². The van der Waals surface area contributed by atoms with E-state index < -0.39 is 11.8 Å². The Morgan fingerprint density at radius 2 is 1.66 bits per heavy atom. The lowest BCUT2D eigenvalue weighted by Gasteiger charge is -2.42. The van der Waals surface area contributed by atoms with Gasteiger partial charge in [-0.1, -0.05) is 35.9 Å². The number of benzene rings is 2. The summed E-state index contributed by atoms with van der Waals surface area (Å²) in [5.41, 5.74) is 1.33. The first kappa shape index (κ1) is 22.1. The molecule has 7 nitrogen and oxygen atoms in total. The molecule has 2 heterocycles. The minimum absolute atomic E-state index is 0.0798. The summed E-state index contributed by atoms with van der Waals surface area (Å²) in [4.78, 5) is 42.7. The number of piperazine rings is 1. The van der Waals surface area contributed by atoms with Crippen molar-refractivity contribution in [1.29, 1.82) is 0 Å². The smallest absolute Gasteiger partial charge is 0.321 e. The summed E-state index contributed by atoms with van der Waals surface area (Å²) < 4.78 is 13.1. The molecule has 0 unspecified atom stereocenters. The van der Waals surface area contributed by atoms with Crippen molar-refractivity contribution in [3.63, 3.8) is 0 Å². The van der Waals surface area contributed by atoms with Crippen LogP contribution < -0.4 is 5.32 Å². The van der Waals surface area contributed by atoms with E-state index in [2.05, 4.69) is 5.32 Å². The van der Waals surface area contributed by atoms with Gasteiger partial charge in [-0.05, 0) is 42.7 Å². The number of piperidine rings is 1. The maximum absolute atomic E-state index is 13.1. The zero-order valence-electron chi connectivity index (χ0n) is 17.5. The van der Waals surface area contributed by atoms with Gasteiger partial charge in [0.2, 0.25) is 0 Å². The molecular weight excluding hydrogens is 435 g/mol. The van der Waals surface area contributed by atoms with Crippen molar-refractivity contribution in [3.8, 4) is 0 Å². The minimum Gasteiger partial charge on any atom is -0.330 e. The molecule has 0 radical (unpaired) electrons. The lowest BCUT2D eigenvalue weighted by Crippen LogP contribution is -2.59. The fraction of sp³-hybridized carbons (Fsp3) is 0.348. The number of likely N-dealkylation sites (tertiary alicyclic amines) is 1. The van der Waals surface area contributed by atoms with E-state index >= 15 is 0 Å². The molecule has 4 rings (SSSR count). The average Bonchev–Trinajstić information content (AvgIpc) is 2.80. The molecule has 2 aromatic carbocycles. The van der Waals surface area contributed by atoms with Gasteiger partial charge in [-0.15, -0.1) is 0 Å². The van der Waals surface area contributed by atoms with Crippen molar-refractivity contribution < 1.29 is 18.8 Å². The molecule has 4 amide bonds. The van der Waals surface area contributed by atoms with Crippen LogP contribution in [-0.2, 0) is 16.1 Å². The summed E-state index contributed by atoms with van der Waals surface area (Å²) in [6.07, 6.45) is 1.21. The van der Waals surface area contributed by atoms with Gasteiger partial charge in [-0.3, -0.25) is 9.59 Å². The Balaban J connectivity index is 1.30. The van der Waals surface area contributed by atoms with Crippen molar-refractivity contribution in [2.45, 2.75) is 25.4 Å². The SMILES string of the molecule is O=C(Nc1ccccc1Cl)N1CCC(N2CCN(Cc3ccc(F)cc3)C(=O)C2=O)CC1. The van der Waals surface area contributed by atoms with Crippen molar-refractivity contribution in [2.24, 2.45) is 0 Å². The zero-order valence-corrected chi connectivity index (χ0v) is 18.2. The van der Waals surface area contributed by atoms with E-state index in [9.17, 15) is 18.8 Å². The van der Waals surface area contributed by atoms with E-state index in [-0.39, 0.29) is 24.4 Å². The quantitative estimate of drug-likeness (QED) is 0.714. The number of para-hydroxylation sites is 1. The topological polar surface area (TPSA) is 73.0 Å². The van der Waals surface area contributed by atoms with Crippen LogP contribution in [0.2, 0.25) is 5.02 Å². The van der Waals surface area contributed by atoms with Crippen molar-refractivity contribution in [3.05, 3.63) is 64.9 Å². The molecular formula is C23H24ClFN4O3. The van der Waals surface area contributed by atoms with Crippen LogP contribution in [0.4, 0.5) is 14.9 Å². The molecule has 168 valence electrons. The normalized spacial score (nSPS) is 17.6. The molecule has 0 saturated carbocycles. The molecule has 2 aliphatic heterocycles. The van der Waals surface area contributed by atoms with Crippen LogP contribution in [0.25, 0.3) is 0 Å². The third kappa shape index (κ3) is 4.85. The Morgan fingerprint density at radius 1 is 0.969 bits per heavy atom. The molecule has 2 fully saturated rings. The predicted octanol–water partition coefficient (Wildman–Crippen LogP) is 3.35. The van der Waals surface area contributed by atoms with Crippen LogP contribution in [0.15, 0.2) is 48.5 Å². The molecule has 0 bridgehead atoms. The number of hydrogen-bond donors (Lipinski definition) is 1. The van der Waals surface area contributed by atoms with Gasteiger partial charge in [-0.2, -0.15) is 0 Å². The summed E-state index contributed by atoms with van der Waals surface area (Å²) >= 11 is 6.10. The van der Waals surface area contributed by atoms with E-state index in [4.69, 9.17) is 11.6 Å². The number of nitrogens with one attached hydrogen (secondary N) is 1. The van der Waals surface area contributed by atoms with E-state index in [0.29, 0.717) is 49.7 Å². The Hall–Kier alpha value is -3.13. The van der Waals surface area contributed by atoms with E-state index in [1.54, 1.807) is 46.2 Å². The average molecular weight is 459 g/mol. The van der Waals surface area contributed by atoms with Crippen LogP contribution in [0.1, 0.15) is 18.4 Å². The molecule has 2 aromatic rings. The highest BCUT2D eigenvalue weighted by Gasteiger charge is 2.38. The summed E-state index contributed by atoms with van der Waals surface area (Å²) in [5, 5.41) is 3.28. The lowest BCUT2D eigenvalue weighted by molar-refractivity contribution is -0.158. The van der Waals surface area contributed by atoms with Gasteiger partial charge in [0.15, 0.2) is 0 Å². The van der Waals surface area contributed by atoms with E-state index in [0.717, 1.165) is 5.56 Å². The first-order chi connectivity index (χ1) is 15.4. The standard InChI is InChI=1S/C23H24ClFN4O3/c24-19-3-1-2-4-20(19)26-23(32)27-11-9-18(10-12-27)29-14-13-28(21(30)22(29)31)15-16-5-7-17(25)8-6-16/h1-8,18H,9-15H2,(H,26,32). The highest BCUT2D eigenvalue weighted by molar-refractivity contribution is 6.35. The number of carbonyl (C=O) groups is 3. The number of nitrogens with zero attached hydrogens (tertiary/aromatic N) is 3. The molecule has 9 heteroatoms. The number of urea groups is 1. The third-order valence-corrected chi connectivity index (χ3v) is 6.27. The monoisotopic (exact) mass is 458 g/mol. The Labute approximate surface area is 190 Å². The van der Waals surface area contributed by atoms with Gasteiger partial charge in [0.25, 0.3) is 0 Å². The number of amides is 4. The second-order valence-electron chi connectivity index (χ2n) is 7.98. The third-order valence-electron chi connectivity index (χ3n) is 5.94. The van der Waals surface area contributed by atoms with Crippen LogP contribution in [-0.4, -0.2) is 64.8 Å². The molecule has 0 spiro atoms. The summed E-state index contributed by atoms with van der Waals surface area (Å²) in [7, 11) is 0. The largest absolute Gasteiger partial charge is 0.330 e. The van der Waals surface area contributed by atoms with Gasteiger partial charge in [0, 0.05) is 38.8 Å². The van der Waals surface area contributed by atoms with Crippen LogP contribution in [0, 0.1) is 5.82 Å². The number of carbonyl (C=O) groups excluding carboxylic acids is 3. The number of anilines is 1. The molecule has 0 aliphatic carbocycles. The molecule has 2 aliphatic rings. The minimum atomic E-state index is -0.542. The van der Waals surface area contributed by atoms with Crippen LogP contribution >= 0.6 is 11.6 Å². The second-order valence-corrected chi connectivity index (χ2v) is 8.39. The summed E-state index contributed by atoms with van der Waals surface area (Å²) in [5.74, 6) is -1.40. The highest BCUT2D eigenvalue weighted by atomic mass is 35.5.